The molecule has 2 aliphatic rings. The number of halogens is 2. The second kappa shape index (κ2) is 8.31. The summed E-state index contributed by atoms with van der Waals surface area (Å²) in [6.07, 6.45) is 2.01. The van der Waals surface area contributed by atoms with Gasteiger partial charge in [0.15, 0.2) is 5.60 Å². The topological polar surface area (TPSA) is 46.5 Å². The van der Waals surface area contributed by atoms with E-state index in [0.29, 0.717) is 5.56 Å². The number of hydrogen-bond acceptors (Lipinski definition) is 3. The predicted molar refractivity (Wildman–Crippen MR) is 108 cm³/mol. The van der Waals surface area contributed by atoms with Crippen LogP contribution in [0.1, 0.15) is 50.2 Å². The Morgan fingerprint density at radius 3 is 2.34 bits per heavy atom. The van der Waals surface area contributed by atoms with Gasteiger partial charge in [-0.1, -0.05) is 31.2 Å². The summed E-state index contributed by atoms with van der Waals surface area (Å²) in [5.74, 6) is -4.24. The van der Waals surface area contributed by atoms with Gasteiger partial charge in [0.2, 0.25) is 5.92 Å². The average molecular weight is 411 g/mol. The van der Waals surface area contributed by atoms with Crippen molar-refractivity contribution in [2.45, 2.75) is 57.0 Å². The lowest BCUT2D eigenvalue weighted by atomic mass is 9.79. The number of rotatable bonds is 6. The molecule has 1 aromatic carbocycles. The molecule has 2 atom stereocenters. The van der Waals surface area contributed by atoms with E-state index in [-0.39, 0.29) is 25.4 Å². The lowest BCUT2D eigenvalue weighted by molar-refractivity contribution is -0.896. The minimum Gasteiger partial charge on any atom is -0.463 e. The van der Waals surface area contributed by atoms with Crippen molar-refractivity contribution in [3.05, 3.63) is 35.4 Å². The molecule has 0 radical (unpaired) electrons. The highest BCUT2D eigenvalue weighted by Gasteiger charge is 2.54. The fourth-order valence-electron chi connectivity index (χ4n) is 4.61. The molecular weight excluding hydrogens is 376 g/mol. The number of carbonyl (C=O) groups is 1. The third-order valence-corrected chi connectivity index (χ3v) is 6.84. The number of benzene rings is 1. The van der Waals surface area contributed by atoms with E-state index in [1.54, 1.807) is 12.1 Å². The highest BCUT2D eigenvalue weighted by molar-refractivity contribution is 5.81. The Morgan fingerprint density at radius 1 is 1.21 bits per heavy atom. The number of aryl methyl sites for hydroxylation is 1. The van der Waals surface area contributed by atoms with Gasteiger partial charge in [0.05, 0.1) is 33.8 Å². The molecule has 0 bridgehead atoms. The molecule has 29 heavy (non-hydrogen) atoms. The van der Waals surface area contributed by atoms with Crippen LogP contribution in [-0.4, -0.2) is 55.3 Å². The molecule has 4 nitrogen and oxygen atoms in total. The van der Waals surface area contributed by atoms with Crippen LogP contribution in [0.15, 0.2) is 24.3 Å². The maximum atomic E-state index is 13.9. The predicted octanol–water partition coefficient (Wildman–Crippen LogP) is 3.90. The molecule has 0 spiro atoms. The van der Waals surface area contributed by atoms with E-state index < -0.39 is 29.8 Å². The summed E-state index contributed by atoms with van der Waals surface area (Å²) in [5, 5.41) is 11.4. The second-order valence-electron chi connectivity index (χ2n) is 9.54. The van der Waals surface area contributed by atoms with E-state index >= 15 is 0 Å². The Bertz CT molecular complexity index is 709. The van der Waals surface area contributed by atoms with E-state index in [1.807, 2.05) is 19.1 Å². The van der Waals surface area contributed by atoms with Gasteiger partial charge in [-0.3, -0.25) is 0 Å². The molecule has 6 heteroatoms. The maximum Gasteiger partial charge on any atom is 0.343 e. The van der Waals surface area contributed by atoms with Crippen LogP contribution in [-0.2, 0) is 21.6 Å². The van der Waals surface area contributed by atoms with Crippen LogP contribution in [0, 0.1) is 11.8 Å². The largest absolute Gasteiger partial charge is 0.463 e. The minimum absolute atomic E-state index is 0.100. The van der Waals surface area contributed by atoms with Crippen molar-refractivity contribution < 1.29 is 27.9 Å². The van der Waals surface area contributed by atoms with Crippen LogP contribution in [0.3, 0.4) is 0 Å². The summed E-state index contributed by atoms with van der Waals surface area (Å²) >= 11 is 0. The van der Waals surface area contributed by atoms with E-state index in [4.69, 9.17) is 4.74 Å². The zero-order valence-corrected chi connectivity index (χ0v) is 17.8. The highest BCUT2D eigenvalue weighted by atomic mass is 19.3. The van der Waals surface area contributed by atoms with Crippen molar-refractivity contribution in [3.63, 3.8) is 0 Å². The summed E-state index contributed by atoms with van der Waals surface area (Å²) in [4.78, 5) is 13.1. The van der Waals surface area contributed by atoms with Crippen molar-refractivity contribution in [1.82, 2.24) is 0 Å². The van der Waals surface area contributed by atoms with Crippen molar-refractivity contribution in [1.29, 1.82) is 0 Å². The average Bonchev–Trinajstić information content (AvgIpc) is 3.06. The molecule has 0 aromatic heterocycles. The van der Waals surface area contributed by atoms with Crippen molar-refractivity contribution >= 4 is 5.97 Å². The van der Waals surface area contributed by atoms with Gasteiger partial charge in [-0.05, 0) is 24.0 Å². The zero-order valence-electron chi connectivity index (χ0n) is 17.8. The van der Waals surface area contributed by atoms with E-state index in [2.05, 4.69) is 14.1 Å². The summed E-state index contributed by atoms with van der Waals surface area (Å²) < 4.78 is 34.3. The van der Waals surface area contributed by atoms with Crippen molar-refractivity contribution in [2.75, 3.05) is 33.8 Å². The monoisotopic (exact) mass is 410 g/mol. The van der Waals surface area contributed by atoms with Crippen LogP contribution in [0.25, 0.3) is 0 Å². The number of aliphatic hydroxyl groups is 1. The van der Waals surface area contributed by atoms with Gasteiger partial charge < -0.3 is 14.3 Å². The molecule has 3 rings (SSSR count). The first-order valence-electron chi connectivity index (χ1n) is 10.7. The number of piperidine rings is 1. The lowest BCUT2D eigenvalue weighted by Gasteiger charge is -2.37. The molecule has 1 heterocycles. The van der Waals surface area contributed by atoms with E-state index in [0.717, 1.165) is 42.4 Å². The van der Waals surface area contributed by atoms with Gasteiger partial charge in [-0.15, -0.1) is 0 Å². The minimum atomic E-state index is -2.85. The number of likely N-dealkylation sites (tertiary alicyclic amines) is 1. The Labute approximate surface area is 172 Å². The Kier molecular flexibility index (Phi) is 6.35. The van der Waals surface area contributed by atoms with Crippen LogP contribution in [0.2, 0.25) is 0 Å². The van der Waals surface area contributed by atoms with Crippen LogP contribution >= 0.6 is 0 Å². The van der Waals surface area contributed by atoms with Crippen LogP contribution < -0.4 is 0 Å². The third kappa shape index (κ3) is 4.97. The molecule has 1 aromatic rings. The Hall–Kier alpha value is -1.53. The second-order valence-corrected chi connectivity index (χ2v) is 9.54. The first kappa shape index (κ1) is 22.2. The summed E-state index contributed by atoms with van der Waals surface area (Å²) in [7, 11) is 4.36. The number of esters is 1. The standard InChI is InChI=1S/C23H34F2NO3/c1-4-17-5-7-19(8-6-17)23(28,20-9-12-22(24,25)15-20)21(27)29-16-18-10-13-26(2,3)14-11-18/h5-8,18,20,28H,4,9-16H2,1-3H3/q+1/t20-,23+/m1/s1. The molecule has 1 aliphatic heterocycles. The highest BCUT2D eigenvalue weighted by Crippen LogP contribution is 2.48. The molecule has 0 amide bonds. The SMILES string of the molecule is CCc1ccc([C@@](O)(C(=O)OCC2CC[N+](C)(C)CC2)[C@@H]2CCC(F)(F)C2)cc1. The maximum absolute atomic E-state index is 13.9. The van der Waals surface area contributed by atoms with Gasteiger partial charge in [-0.2, -0.15) is 0 Å². The summed E-state index contributed by atoms with van der Waals surface area (Å²) in [5.41, 5.74) is -0.621. The normalized spacial score (nSPS) is 26.1. The van der Waals surface area contributed by atoms with Gasteiger partial charge >= 0.3 is 5.97 Å². The molecule has 1 saturated heterocycles. The zero-order chi connectivity index (χ0) is 21.3. The van der Waals surface area contributed by atoms with E-state index in [9.17, 15) is 18.7 Å². The molecule has 1 N–H and O–H groups in total. The smallest absolute Gasteiger partial charge is 0.343 e. The Balaban J connectivity index is 1.76. The fraction of sp³-hybridized carbons (Fsp3) is 0.696. The number of alkyl halides is 2. The Morgan fingerprint density at radius 2 is 1.83 bits per heavy atom. The number of carbonyl (C=O) groups excluding carboxylic acids is 1. The quantitative estimate of drug-likeness (QED) is 0.572. The van der Waals surface area contributed by atoms with Crippen LogP contribution in [0.5, 0.6) is 0 Å². The fourth-order valence-corrected chi connectivity index (χ4v) is 4.61. The molecule has 1 aliphatic carbocycles. The third-order valence-electron chi connectivity index (χ3n) is 6.84. The molecule has 162 valence electrons. The van der Waals surface area contributed by atoms with Crippen LogP contribution in [0.4, 0.5) is 8.78 Å². The molecule has 0 unspecified atom stereocenters. The van der Waals surface area contributed by atoms with Gasteiger partial charge in [0.25, 0.3) is 0 Å². The number of nitrogens with zero attached hydrogens (tertiary/aromatic N) is 1. The molecular formula is C23H34F2NO3+. The number of hydrogen-bond donors (Lipinski definition) is 1. The number of quaternary nitrogens is 1. The molecule has 2 fully saturated rings. The van der Waals surface area contributed by atoms with Gasteiger partial charge in [-0.25, -0.2) is 13.6 Å². The molecule has 1 saturated carbocycles. The van der Waals surface area contributed by atoms with E-state index in [1.165, 1.54) is 0 Å². The van der Waals surface area contributed by atoms with Gasteiger partial charge in [0, 0.05) is 37.5 Å². The van der Waals surface area contributed by atoms with Crippen molar-refractivity contribution in [3.8, 4) is 0 Å². The first-order valence-corrected chi connectivity index (χ1v) is 10.7. The van der Waals surface area contributed by atoms with Crippen molar-refractivity contribution in [2.24, 2.45) is 11.8 Å². The lowest BCUT2D eigenvalue weighted by Crippen LogP contribution is -2.48. The van der Waals surface area contributed by atoms with Gasteiger partial charge in [0.1, 0.15) is 0 Å². The summed E-state index contributed by atoms with van der Waals surface area (Å²) in [6, 6.07) is 7.03. The first-order chi connectivity index (χ1) is 13.6. The summed E-state index contributed by atoms with van der Waals surface area (Å²) in [6.45, 7) is 4.27. The number of ether oxygens (including phenoxy) is 1.